The number of carbonyl (C=O) groups excluding carboxylic acids is 2. The monoisotopic (exact) mass is 564 g/mol. The number of hydrogen-bond acceptors (Lipinski definition) is 5. The Kier molecular flexibility index (Phi) is 10.7. The molecule has 1 N–H and O–H groups in total. The molecule has 1 unspecified atom stereocenters. The first-order chi connectivity index (χ1) is 19.5. The predicted molar refractivity (Wildman–Crippen MR) is 156 cm³/mol. The van der Waals surface area contributed by atoms with Crippen molar-refractivity contribution in [3.63, 3.8) is 0 Å². The van der Waals surface area contributed by atoms with Crippen molar-refractivity contribution in [1.29, 1.82) is 0 Å². The third kappa shape index (κ3) is 8.15. The lowest BCUT2D eigenvalue weighted by Gasteiger charge is -2.33. The molecule has 2 amide bonds. The fourth-order valence-corrected chi connectivity index (χ4v) is 5.20. The minimum absolute atomic E-state index is 0.109. The highest BCUT2D eigenvalue weighted by molar-refractivity contribution is 6.31. The van der Waals surface area contributed by atoms with E-state index in [1.807, 2.05) is 48.5 Å². The number of rotatable bonds is 12. The quantitative estimate of drug-likeness (QED) is 0.300. The van der Waals surface area contributed by atoms with Gasteiger partial charge in [-0.2, -0.15) is 0 Å². The Morgan fingerprint density at radius 3 is 2.17 bits per heavy atom. The van der Waals surface area contributed by atoms with Gasteiger partial charge < -0.3 is 24.4 Å². The van der Waals surface area contributed by atoms with Crippen LogP contribution < -0.4 is 19.5 Å². The third-order valence-corrected chi connectivity index (χ3v) is 7.58. The molecule has 212 valence electrons. The van der Waals surface area contributed by atoms with E-state index in [2.05, 4.69) is 5.32 Å². The summed E-state index contributed by atoms with van der Waals surface area (Å²) in [5.41, 5.74) is 1.71. The second-order valence-corrected chi connectivity index (χ2v) is 10.4. The number of amides is 2. The van der Waals surface area contributed by atoms with Crippen molar-refractivity contribution >= 4 is 23.4 Å². The summed E-state index contributed by atoms with van der Waals surface area (Å²) in [4.78, 5) is 29.3. The number of carbonyl (C=O) groups is 2. The van der Waals surface area contributed by atoms with Crippen LogP contribution in [0.4, 0.5) is 0 Å². The van der Waals surface area contributed by atoms with E-state index in [0.717, 1.165) is 36.8 Å². The van der Waals surface area contributed by atoms with Crippen molar-refractivity contribution in [3.8, 4) is 17.2 Å². The highest BCUT2D eigenvalue weighted by Gasteiger charge is 2.32. The molecule has 4 rings (SSSR count). The summed E-state index contributed by atoms with van der Waals surface area (Å²) in [6.07, 6.45) is 5.63. The number of halogens is 1. The fourth-order valence-electron chi connectivity index (χ4n) is 5.00. The lowest BCUT2D eigenvalue weighted by molar-refractivity contribution is -0.143. The normalized spacial score (nSPS) is 14.2. The molecule has 1 atom stereocenters. The molecule has 1 saturated carbocycles. The first-order valence-corrected chi connectivity index (χ1v) is 14.1. The zero-order valence-electron chi connectivity index (χ0n) is 23.1. The van der Waals surface area contributed by atoms with Gasteiger partial charge in [-0.25, -0.2) is 0 Å². The Hall–Kier alpha value is -3.71. The molecule has 0 aliphatic heterocycles. The van der Waals surface area contributed by atoms with Crippen LogP contribution in [0.2, 0.25) is 5.02 Å². The molecule has 1 aliphatic carbocycles. The smallest absolute Gasteiger partial charge is 0.261 e. The molecule has 0 spiro atoms. The molecule has 1 aliphatic rings. The van der Waals surface area contributed by atoms with E-state index in [-0.39, 0.29) is 31.0 Å². The van der Waals surface area contributed by atoms with Gasteiger partial charge in [0, 0.05) is 42.2 Å². The molecule has 3 aromatic rings. The summed E-state index contributed by atoms with van der Waals surface area (Å²) in [7, 11) is 3.10. The van der Waals surface area contributed by atoms with Crippen molar-refractivity contribution in [3.05, 3.63) is 88.9 Å². The van der Waals surface area contributed by atoms with Gasteiger partial charge >= 0.3 is 0 Å². The van der Waals surface area contributed by atoms with Crippen LogP contribution in [0.1, 0.15) is 43.2 Å². The van der Waals surface area contributed by atoms with Crippen molar-refractivity contribution in [2.24, 2.45) is 0 Å². The maximum Gasteiger partial charge on any atom is 0.261 e. The molecule has 0 aromatic heterocycles. The van der Waals surface area contributed by atoms with Crippen molar-refractivity contribution in [2.45, 2.75) is 57.2 Å². The standard InChI is InChI=1S/C32H37ClN2O5/c1-38-26-18-27(39-2)20-28(19-26)40-22-31(36)35(21-24-13-9-10-16-29(24)33)30(17-23-11-5-3-6-12-23)32(37)34-25-14-7-4-8-15-25/h3,5-6,9-13,16,18-20,25,30H,4,7-8,14-15,17,21-22H2,1-2H3,(H,34,37). The van der Waals surface area contributed by atoms with Gasteiger partial charge in [0.05, 0.1) is 14.2 Å². The summed E-state index contributed by atoms with van der Waals surface area (Å²) in [6.45, 7) is -0.109. The molecule has 8 heteroatoms. The first-order valence-electron chi connectivity index (χ1n) is 13.7. The molecule has 3 aromatic carbocycles. The maximum atomic E-state index is 13.9. The van der Waals surface area contributed by atoms with Crippen LogP contribution in [0.25, 0.3) is 0 Å². The van der Waals surface area contributed by atoms with E-state index in [1.165, 1.54) is 6.42 Å². The van der Waals surface area contributed by atoms with Crippen LogP contribution in [0.15, 0.2) is 72.8 Å². The molecule has 1 fully saturated rings. The van der Waals surface area contributed by atoms with E-state index in [4.69, 9.17) is 25.8 Å². The molecule has 0 radical (unpaired) electrons. The van der Waals surface area contributed by atoms with Gasteiger partial charge in [0.25, 0.3) is 5.91 Å². The lowest BCUT2D eigenvalue weighted by Crippen LogP contribution is -2.53. The van der Waals surface area contributed by atoms with E-state index >= 15 is 0 Å². The number of ether oxygens (including phenoxy) is 3. The Balaban J connectivity index is 1.63. The number of nitrogens with zero attached hydrogens (tertiary/aromatic N) is 1. The second-order valence-electron chi connectivity index (χ2n) is 10.00. The molecule has 0 bridgehead atoms. The average Bonchev–Trinajstić information content (AvgIpc) is 2.99. The zero-order valence-corrected chi connectivity index (χ0v) is 23.9. The average molecular weight is 565 g/mol. The summed E-state index contributed by atoms with van der Waals surface area (Å²) < 4.78 is 16.6. The van der Waals surface area contributed by atoms with Crippen LogP contribution in [-0.2, 0) is 22.6 Å². The summed E-state index contributed by atoms with van der Waals surface area (Å²) in [6, 6.07) is 21.6. The summed E-state index contributed by atoms with van der Waals surface area (Å²) in [5, 5.41) is 3.77. The van der Waals surface area contributed by atoms with Crippen LogP contribution >= 0.6 is 11.6 Å². The molecule has 40 heavy (non-hydrogen) atoms. The number of hydrogen-bond donors (Lipinski definition) is 1. The Bertz CT molecular complexity index is 1240. The first kappa shape index (κ1) is 29.3. The van der Waals surface area contributed by atoms with Gasteiger partial charge in [-0.05, 0) is 30.0 Å². The van der Waals surface area contributed by atoms with Gasteiger partial charge in [0.2, 0.25) is 5.91 Å². The van der Waals surface area contributed by atoms with Crippen LogP contribution in [0.3, 0.4) is 0 Å². The highest BCUT2D eigenvalue weighted by atomic mass is 35.5. The van der Waals surface area contributed by atoms with Crippen molar-refractivity contribution < 1.29 is 23.8 Å². The van der Waals surface area contributed by atoms with E-state index in [9.17, 15) is 9.59 Å². The summed E-state index contributed by atoms with van der Waals surface area (Å²) in [5.74, 6) is 1.02. The molecule has 0 heterocycles. The zero-order chi connectivity index (χ0) is 28.3. The topological polar surface area (TPSA) is 77.1 Å². The highest BCUT2D eigenvalue weighted by Crippen LogP contribution is 2.28. The van der Waals surface area contributed by atoms with Gasteiger partial charge in [0.15, 0.2) is 6.61 Å². The van der Waals surface area contributed by atoms with Crippen LogP contribution in [-0.4, -0.2) is 49.6 Å². The number of methoxy groups -OCH3 is 2. The van der Waals surface area contributed by atoms with E-state index in [1.54, 1.807) is 43.4 Å². The number of benzene rings is 3. The minimum atomic E-state index is -0.753. The van der Waals surface area contributed by atoms with Gasteiger partial charge in [-0.1, -0.05) is 79.4 Å². The molecule has 0 saturated heterocycles. The number of nitrogens with one attached hydrogen (secondary N) is 1. The second kappa shape index (κ2) is 14.6. The van der Waals surface area contributed by atoms with Crippen LogP contribution in [0, 0.1) is 0 Å². The Labute approximate surface area is 241 Å². The predicted octanol–water partition coefficient (Wildman–Crippen LogP) is 5.83. The molecule has 7 nitrogen and oxygen atoms in total. The van der Waals surface area contributed by atoms with Crippen molar-refractivity contribution in [2.75, 3.05) is 20.8 Å². The van der Waals surface area contributed by atoms with Gasteiger partial charge in [0.1, 0.15) is 23.3 Å². The minimum Gasteiger partial charge on any atom is -0.496 e. The van der Waals surface area contributed by atoms with Crippen molar-refractivity contribution in [1.82, 2.24) is 10.2 Å². The maximum absolute atomic E-state index is 13.9. The molecular formula is C32H37ClN2O5. The third-order valence-electron chi connectivity index (χ3n) is 7.21. The Morgan fingerprint density at radius 1 is 0.900 bits per heavy atom. The van der Waals surface area contributed by atoms with Gasteiger partial charge in [-0.15, -0.1) is 0 Å². The SMILES string of the molecule is COc1cc(OC)cc(OCC(=O)N(Cc2ccccc2Cl)C(Cc2ccccc2)C(=O)NC2CCCCC2)c1. The Morgan fingerprint density at radius 2 is 1.52 bits per heavy atom. The van der Waals surface area contributed by atoms with Gasteiger partial charge in [-0.3, -0.25) is 9.59 Å². The van der Waals surface area contributed by atoms with E-state index in [0.29, 0.717) is 28.7 Å². The van der Waals surface area contributed by atoms with Crippen LogP contribution in [0.5, 0.6) is 17.2 Å². The lowest BCUT2D eigenvalue weighted by atomic mass is 9.94. The largest absolute Gasteiger partial charge is 0.496 e. The summed E-state index contributed by atoms with van der Waals surface area (Å²) >= 11 is 6.52. The molecular weight excluding hydrogens is 528 g/mol. The van der Waals surface area contributed by atoms with E-state index < -0.39 is 6.04 Å². The fraction of sp³-hybridized carbons (Fsp3) is 0.375.